The van der Waals surface area contributed by atoms with Crippen molar-refractivity contribution in [1.82, 2.24) is 5.32 Å². The van der Waals surface area contributed by atoms with Crippen molar-refractivity contribution in [3.05, 3.63) is 63.4 Å². The molecule has 3 rings (SSSR count). The Hall–Kier alpha value is -1.37. The minimum Gasteiger partial charge on any atom is -0.400 e. The van der Waals surface area contributed by atoms with Gasteiger partial charge in [0.05, 0.1) is 5.02 Å². The Kier molecular flexibility index (Phi) is 11.1. The third-order valence-electron chi connectivity index (χ3n) is 4.20. The average molecular weight is 478 g/mol. The van der Waals surface area contributed by atoms with E-state index in [1.165, 1.54) is 12.1 Å². The molecule has 2 atom stereocenters. The first kappa shape index (κ1) is 26.7. The molecule has 4 nitrogen and oxygen atoms in total. The summed E-state index contributed by atoms with van der Waals surface area (Å²) in [6.45, 7) is 7.30. The number of aliphatic hydroxyl groups excluding tert-OH is 1. The molecule has 8 heteroatoms. The van der Waals surface area contributed by atoms with E-state index in [2.05, 4.69) is 10.6 Å². The van der Waals surface area contributed by atoms with Gasteiger partial charge in [0, 0.05) is 47.6 Å². The minimum atomic E-state index is -0.491. The molecule has 0 spiro atoms. The van der Waals surface area contributed by atoms with Crippen LogP contribution >= 0.6 is 34.8 Å². The topological polar surface area (TPSA) is 61.4 Å². The van der Waals surface area contributed by atoms with Gasteiger partial charge in [-0.2, -0.15) is 0 Å². The van der Waals surface area contributed by atoms with Crippen LogP contribution in [-0.2, 0) is 4.79 Å². The molecule has 1 amide bonds. The molecule has 2 aromatic rings. The number of alkyl halides is 1. The molecule has 0 saturated carbocycles. The van der Waals surface area contributed by atoms with Crippen LogP contribution in [0.25, 0.3) is 0 Å². The maximum atomic E-state index is 14.0. The second-order valence-corrected chi connectivity index (χ2v) is 9.59. The lowest BCUT2D eigenvalue weighted by Gasteiger charge is -2.22. The van der Waals surface area contributed by atoms with Gasteiger partial charge in [-0.3, -0.25) is 4.79 Å². The highest BCUT2D eigenvalue weighted by molar-refractivity contribution is 6.31. The summed E-state index contributed by atoms with van der Waals surface area (Å²) < 4.78 is 14.0. The van der Waals surface area contributed by atoms with Crippen LogP contribution < -0.4 is 10.6 Å². The van der Waals surface area contributed by atoms with Gasteiger partial charge in [-0.05, 0) is 56.2 Å². The summed E-state index contributed by atoms with van der Waals surface area (Å²) in [5.74, 6) is -0.334. The highest BCUT2D eigenvalue weighted by atomic mass is 35.5. The summed E-state index contributed by atoms with van der Waals surface area (Å²) in [5, 5.41) is 13.6. The number of rotatable bonds is 4. The molecule has 1 aliphatic heterocycles. The van der Waals surface area contributed by atoms with E-state index in [4.69, 9.17) is 39.9 Å². The van der Waals surface area contributed by atoms with E-state index in [0.29, 0.717) is 23.7 Å². The van der Waals surface area contributed by atoms with Gasteiger partial charge < -0.3 is 15.7 Å². The molecular weight excluding hydrogens is 450 g/mol. The quantitative estimate of drug-likeness (QED) is 0.385. The Morgan fingerprint density at radius 2 is 1.73 bits per heavy atom. The summed E-state index contributed by atoms with van der Waals surface area (Å²) in [6.07, 6.45) is 0.573. The molecule has 0 aromatic heterocycles. The van der Waals surface area contributed by atoms with Crippen LogP contribution in [0.2, 0.25) is 10.0 Å². The zero-order chi connectivity index (χ0) is 22.9. The Morgan fingerprint density at radius 1 is 1.13 bits per heavy atom. The van der Waals surface area contributed by atoms with Crippen molar-refractivity contribution in [2.75, 3.05) is 25.5 Å². The molecule has 30 heavy (non-hydrogen) atoms. The molecule has 2 aromatic carbocycles. The smallest absolute Gasteiger partial charge is 0.211 e. The van der Waals surface area contributed by atoms with Crippen LogP contribution in [0.1, 0.15) is 43.7 Å². The predicted molar refractivity (Wildman–Crippen MR) is 125 cm³/mol. The summed E-state index contributed by atoms with van der Waals surface area (Å²) in [6, 6.07) is 10.5. The van der Waals surface area contributed by atoms with Gasteiger partial charge in [0.2, 0.25) is 6.41 Å². The van der Waals surface area contributed by atoms with Crippen molar-refractivity contribution in [2.24, 2.45) is 0 Å². The predicted octanol–water partition coefficient (Wildman–Crippen LogP) is 5.80. The number of aliphatic hydroxyl groups is 1. The molecule has 1 heterocycles. The zero-order valence-corrected chi connectivity index (χ0v) is 19.7. The first-order valence-corrected chi connectivity index (χ1v) is 10.5. The Balaban J connectivity index is 0.000000565. The Morgan fingerprint density at radius 3 is 2.30 bits per heavy atom. The Bertz CT molecular complexity index is 823. The van der Waals surface area contributed by atoms with Gasteiger partial charge in [-0.15, -0.1) is 11.6 Å². The lowest BCUT2D eigenvalue weighted by Crippen LogP contribution is -2.12. The number of benzene rings is 2. The number of carbonyl (C=O) groups is 1. The first-order valence-electron chi connectivity index (χ1n) is 9.39. The van der Waals surface area contributed by atoms with E-state index in [1.54, 1.807) is 0 Å². The largest absolute Gasteiger partial charge is 0.400 e. The molecule has 1 aliphatic rings. The number of nitrogens with one attached hydrogen (secondary N) is 2. The molecule has 166 valence electrons. The number of carbonyl (C=O) groups excluding carboxylic acids is 1. The van der Waals surface area contributed by atoms with Crippen LogP contribution in [0.4, 0.5) is 10.1 Å². The van der Waals surface area contributed by atoms with E-state index in [0.717, 1.165) is 24.8 Å². The van der Waals surface area contributed by atoms with Crippen molar-refractivity contribution < 1.29 is 14.3 Å². The summed E-state index contributed by atoms with van der Waals surface area (Å²) in [4.78, 5) is 10.8. The van der Waals surface area contributed by atoms with Gasteiger partial charge >= 0.3 is 0 Å². The highest BCUT2D eigenvalue weighted by Crippen LogP contribution is 2.41. The fourth-order valence-electron chi connectivity index (χ4n) is 3.15. The molecular formula is C22H28Cl3FN2O2. The second-order valence-electron chi connectivity index (χ2n) is 7.61. The molecule has 0 radical (unpaired) electrons. The van der Waals surface area contributed by atoms with Crippen molar-refractivity contribution in [3.8, 4) is 0 Å². The monoisotopic (exact) mass is 476 g/mol. The summed E-state index contributed by atoms with van der Waals surface area (Å²) >= 11 is 17.5. The van der Waals surface area contributed by atoms with E-state index in [-0.39, 0.29) is 21.7 Å². The van der Waals surface area contributed by atoms with Crippen LogP contribution in [-0.4, -0.2) is 36.6 Å². The molecule has 2 unspecified atom stereocenters. The van der Waals surface area contributed by atoms with Crippen molar-refractivity contribution >= 4 is 46.9 Å². The maximum Gasteiger partial charge on any atom is 0.211 e. The van der Waals surface area contributed by atoms with E-state index in [1.807, 2.05) is 45.0 Å². The zero-order valence-electron chi connectivity index (χ0n) is 17.5. The van der Waals surface area contributed by atoms with E-state index >= 15 is 0 Å². The number of anilines is 1. The van der Waals surface area contributed by atoms with Crippen molar-refractivity contribution in [3.63, 3.8) is 0 Å². The number of hydrogen-bond acceptors (Lipinski definition) is 3. The van der Waals surface area contributed by atoms with Gasteiger partial charge in [-0.25, -0.2) is 4.39 Å². The van der Waals surface area contributed by atoms with Gasteiger partial charge in [0.1, 0.15) is 5.82 Å². The average Bonchev–Trinajstić information content (AvgIpc) is 3.15. The number of halogens is 4. The van der Waals surface area contributed by atoms with Crippen LogP contribution in [0.3, 0.4) is 0 Å². The van der Waals surface area contributed by atoms with Gasteiger partial charge in [0.15, 0.2) is 0 Å². The lowest BCUT2D eigenvalue weighted by atomic mass is 9.83. The molecule has 1 saturated heterocycles. The van der Waals surface area contributed by atoms with Crippen LogP contribution in [0.5, 0.6) is 0 Å². The third kappa shape index (κ3) is 8.40. The van der Waals surface area contributed by atoms with Crippen molar-refractivity contribution in [2.45, 2.75) is 37.5 Å². The SMILES string of the molecule is CC(C)(C)Cl.CO.O=CNc1cc(Cl)c(F)cc1C1CNCC1c1cccc(Cl)c1. The number of hydrogen-bond donors (Lipinski definition) is 3. The lowest BCUT2D eigenvalue weighted by molar-refractivity contribution is -0.105. The standard InChI is InChI=1S/C17H15Cl2FN2O.C4H9Cl.CH4O/c18-11-3-1-2-10(4-11)13-7-21-8-14(13)12-5-16(20)15(19)6-17(12)22-9-23;1-4(2,3)5;1-2/h1-6,9,13-14,21H,7-8H2,(H,22,23);1-3H3;2H,1H3. The minimum absolute atomic E-state index is 0.0108. The summed E-state index contributed by atoms with van der Waals surface area (Å²) in [7, 11) is 1.00. The molecule has 0 aliphatic carbocycles. The molecule has 0 bridgehead atoms. The molecule has 3 N–H and O–H groups in total. The van der Waals surface area contributed by atoms with Crippen LogP contribution in [0, 0.1) is 5.82 Å². The van der Waals surface area contributed by atoms with Gasteiger partial charge in [0.25, 0.3) is 0 Å². The summed E-state index contributed by atoms with van der Waals surface area (Å²) in [5.41, 5.74) is 2.35. The van der Waals surface area contributed by atoms with E-state index < -0.39 is 5.82 Å². The first-order chi connectivity index (χ1) is 14.1. The fraction of sp³-hybridized carbons (Fsp3) is 0.409. The fourth-order valence-corrected chi connectivity index (χ4v) is 3.51. The normalized spacial score (nSPS) is 17.9. The second kappa shape index (κ2) is 12.5. The Labute approximate surface area is 192 Å². The highest BCUT2D eigenvalue weighted by Gasteiger charge is 2.32. The number of amides is 1. The van der Waals surface area contributed by atoms with E-state index in [9.17, 15) is 9.18 Å². The maximum absolute atomic E-state index is 14.0. The van der Waals surface area contributed by atoms with Crippen molar-refractivity contribution in [1.29, 1.82) is 0 Å². The third-order valence-corrected chi connectivity index (χ3v) is 4.72. The van der Waals surface area contributed by atoms with Gasteiger partial charge in [-0.1, -0.05) is 35.3 Å². The molecule has 1 fully saturated rings. The van der Waals surface area contributed by atoms with Crippen LogP contribution in [0.15, 0.2) is 36.4 Å².